The average Bonchev–Trinajstić information content (AvgIpc) is 2.46. The fourth-order valence-corrected chi connectivity index (χ4v) is 2.15. The molecule has 19 heavy (non-hydrogen) atoms. The summed E-state index contributed by atoms with van der Waals surface area (Å²) in [5, 5.41) is 0.613. The number of carbonyl (C=O) groups excluding carboxylic acids is 1. The molecule has 5 heteroatoms. The Labute approximate surface area is 116 Å². The summed E-state index contributed by atoms with van der Waals surface area (Å²) >= 11 is 1.33. The molecule has 0 saturated heterocycles. The van der Waals surface area contributed by atoms with Gasteiger partial charge in [0.15, 0.2) is 10.9 Å². The normalized spacial score (nSPS) is 10.2. The first kappa shape index (κ1) is 13.5. The number of hydrogen-bond donors (Lipinski definition) is 0. The molecule has 0 bridgehead atoms. The van der Waals surface area contributed by atoms with Crippen molar-refractivity contribution < 1.29 is 9.53 Å². The Hall–Kier alpha value is -1.88. The van der Waals surface area contributed by atoms with E-state index in [4.69, 9.17) is 4.74 Å². The Morgan fingerprint density at radius 2 is 2.05 bits per heavy atom. The topological polar surface area (TPSA) is 52.1 Å². The van der Waals surface area contributed by atoms with Crippen LogP contribution in [0.1, 0.15) is 15.9 Å². The standard InChI is InChI=1S/C14H14N2O2S/c1-10-7-15-14(16-8-10)19-9-13(17)11-4-3-5-12(6-11)18-2/h3-8H,9H2,1-2H3. The van der Waals surface area contributed by atoms with Crippen molar-refractivity contribution in [2.75, 3.05) is 12.9 Å². The summed E-state index contributed by atoms with van der Waals surface area (Å²) in [5.74, 6) is 1.03. The second-order valence-electron chi connectivity index (χ2n) is 3.99. The Balaban J connectivity index is 1.99. The number of nitrogens with zero attached hydrogens (tertiary/aromatic N) is 2. The average molecular weight is 274 g/mol. The summed E-state index contributed by atoms with van der Waals surface area (Å²) < 4.78 is 5.10. The summed E-state index contributed by atoms with van der Waals surface area (Å²) in [6.07, 6.45) is 3.48. The highest BCUT2D eigenvalue weighted by molar-refractivity contribution is 7.99. The van der Waals surface area contributed by atoms with Crippen molar-refractivity contribution in [3.8, 4) is 5.75 Å². The molecule has 0 unspecified atom stereocenters. The highest BCUT2D eigenvalue weighted by atomic mass is 32.2. The molecule has 2 aromatic rings. The van der Waals surface area contributed by atoms with Crippen LogP contribution < -0.4 is 4.74 Å². The van der Waals surface area contributed by atoms with Crippen molar-refractivity contribution in [2.24, 2.45) is 0 Å². The van der Waals surface area contributed by atoms with Crippen molar-refractivity contribution >= 4 is 17.5 Å². The van der Waals surface area contributed by atoms with Gasteiger partial charge in [0.2, 0.25) is 0 Å². The SMILES string of the molecule is COc1cccc(C(=O)CSc2ncc(C)cn2)c1. The Bertz CT molecular complexity index is 570. The van der Waals surface area contributed by atoms with E-state index in [9.17, 15) is 4.79 Å². The number of ether oxygens (including phenoxy) is 1. The van der Waals surface area contributed by atoms with Gasteiger partial charge in [-0.3, -0.25) is 4.79 Å². The first-order valence-corrected chi connectivity index (χ1v) is 6.76. The van der Waals surface area contributed by atoms with Crippen LogP contribution in [0.15, 0.2) is 41.8 Å². The molecule has 0 saturated carbocycles. The van der Waals surface area contributed by atoms with E-state index in [0.717, 1.165) is 5.56 Å². The van der Waals surface area contributed by atoms with Crippen LogP contribution >= 0.6 is 11.8 Å². The molecule has 1 aromatic carbocycles. The van der Waals surface area contributed by atoms with Crippen LogP contribution in [0.4, 0.5) is 0 Å². The molecule has 2 rings (SSSR count). The van der Waals surface area contributed by atoms with Crippen molar-refractivity contribution in [3.63, 3.8) is 0 Å². The lowest BCUT2D eigenvalue weighted by Crippen LogP contribution is -2.03. The highest BCUT2D eigenvalue weighted by Crippen LogP contribution is 2.17. The third kappa shape index (κ3) is 3.79. The second-order valence-corrected chi connectivity index (χ2v) is 4.93. The minimum absolute atomic E-state index is 0.0353. The Morgan fingerprint density at radius 1 is 1.32 bits per heavy atom. The largest absolute Gasteiger partial charge is 0.497 e. The minimum atomic E-state index is 0.0353. The van der Waals surface area contributed by atoms with E-state index in [0.29, 0.717) is 22.2 Å². The molecule has 1 aromatic heterocycles. The quantitative estimate of drug-likeness (QED) is 0.477. The van der Waals surface area contributed by atoms with Gasteiger partial charge >= 0.3 is 0 Å². The number of Topliss-reactive ketones (excluding diaryl/α,β-unsaturated/α-hetero) is 1. The van der Waals surface area contributed by atoms with Crippen LogP contribution in [0.3, 0.4) is 0 Å². The van der Waals surface area contributed by atoms with E-state index in [-0.39, 0.29) is 5.78 Å². The predicted octanol–water partition coefficient (Wildman–Crippen LogP) is 2.77. The van der Waals surface area contributed by atoms with Crippen molar-refractivity contribution in [1.82, 2.24) is 9.97 Å². The first-order chi connectivity index (χ1) is 9.19. The third-order valence-electron chi connectivity index (χ3n) is 2.48. The lowest BCUT2D eigenvalue weighted by atomic mass is 10.1. The van der Waals surface area contributed by atoms with Crippen LogP contribution in [0.25, 0.3) is 0 Å². The van der Waals surface area contributed by atoms with Gasteiger partial charge in [-0.05, 0) is 24.6 Å². The maximum atomic E-state index is 12.0. The van der Waals surface area contributed by atoms with E-state index in [2.05, 4.69) is 9.97 Å². The summed E-state index contributed by atoms with van der Waals surface area (Å²) in [6.45, 7) is 1.93. The van der Waals surface area contributed by atoms with Gasteiger partial charge in [-0.1, -0.05) is 23.9 Å². The van der Waals surface area contributed by atoms with E-state index in [1.165, 1.54) is 11.8 Å². The smallest absolute Gasteiger partial charge is 0.187 e. The third-order valence-corrected chi connectivity index (χ3v) is 3.36. The number of carbonyl (C=O) groups is 1. The van der Waals surface area contributed by atoms with Gasteiger partial charge in [-0.25, -0.2) is 9.97 Å². The summed E-state index contributed by atoms with van der Waals surface area (Å²) in [4.78, 5) is 20.3. The summed E-state index contributed by atoms with van der Waals surface area (Å²) in [6, 6.07) is 7.13. The van der Waals surface area contributed by atoms with Crippen molar-refractivity contribution in [3.05, 3.63) is 47.8 Å². The lowest BCUT2D eigenvalue weighted by molar-refractivity contribution is 0.102. The minimum Gasteiger partial charge on any atom is -0.497 e. The molecule has 4 nitrogen and oxygen atoms in total. The molecular formula is C14H14N2O2S. The second kappa shape index (κ2) is 6.33. The molecule has 0 aliphatic heterocycles. The van der Waals surface area contributed by atoms with Gasteiger partial charge in [0.05, 0.1) is 12.9 Å². The molecule has 0 aliphatic rings. The van der Waals surface area contributed by atoms with Gasteiger partial charge in [-0.2, -0.15) is 0 Å². The van der Waals surface area contributed by atoms with E-state index >= 15 is 0 Å². The van der Waals surface area contributed by atoms with Gasteiger partial charge in [0.25, 0.3) is 0 Å². The van der Waals surface area contributed by atoms with Crippen LogP contribution in [0, 0.1) is 6.92 Å². The van der Waals surface area contributed by atoms with Gasteiger partial charge in [0.1, 0.15) is 5.75 Å². The molecule has 0 aliphatic carbocycles. The fourth-order valence-electron chi connectivity index (χ4n) is 1.47. The molecular weight excluding hydrogens is 260 g/mol. The maximum absolute atomic E-state index is 12.0. The maximum Gasteiger partial charge on any atom is 0.187 e. The monoisotopic (exact) mass is 274 g/mol. The number of aromatic nitrogens is 2. The number of thioether (sulfide) groups is 1. The van der Waals surface area contributed by atoms with Crippen LogP contribution in [0.2, 0.25) is 0 Å². The molecule has 0 N–H and O–H groups in total. The van der Waals surface area contributed by atoms with Gasteiger partial charge in [-0.15, -0.1) is 0 Å². The van der Waals surface area contributed by atoms with Crippen LogP contribution in [-0.2, 0) is 0 Å². The molecule has 0 radical (unpaired) electrons. The number of benzene rings is 1. The highest BCUT2D eigenvalue weighted by Gasteiger charge is 2.08. The zero-order valence-electron chi connectivity index (χ0n) is 10.8. The predicted molar refractivity (Wildman–Crippen MR) is 74.8 cm³/mol. The van der Waals surface area contributed by atoms with Gasteiger partial charge < -0.3 is 4.74 Å². The Morgan fingerprint density at radius 3 is 2.74 bits per heavy atom. The molecule has 0 atom stereocenters. The molecule has 98 valence electrons. The van der Waals surface area contributed by atoms with Crippen molar-refractivity contribution in [1.29, 1.82) is 0 Å². The zero-order chi connectivity index (χ0) is 13.7. The lowest BCUT2D eigenvalue weighted by Gasteiger charge is -2.03. The number of hydrogen-bond acceptors (Lipinski definition) is 5. The molecule has 0 amide bonds. The van der Waals surface area contributed by atoms with E-state index in [1.54, 1.807) is 37.7 Å². The van der Waals surface area contributed by atoms with Crippen molar-refractivity contribution in [2.45, 2.75) is 12.1 Å². The zero-order valence-corrected chi connectivity index (χ0v) is 11.6. The van der Waals surface area contributed by atoms with Gasteiger partial charge in [0, 0.05) is 18.0 Å². The molecule has 0 spiro atoms. The van der Waals surface area contributed by atoms with E-state index < -0.39 is 0 Å². The fraction of sp³-hybridized carbons (Fsp3) is 0.214. The Kier molecular flexibility index (Phi) is 4.52. The first-order valence-electron chi connectivity index (χ1n) is 5.78. The summed E-state index contributed by atoms with van der Waals surface area (Å²) in [7, 11) is 1.58. The molecule has 1 heterocycles. The number of methoxy groups -OCH3 is 1. The molecule has 0 fully saturated rings. The number of aryl methyl sites for hydroxylation is 1. The number of rotatable bonds is 5. The number of ketones is 1. The summed E-state index contributed by atoms with van der Waals surface area (Å²) in [5.41, 5.74) is 1.64. The van der Waals surface area contributed by atoms with Crippen LogP contribution in [-0.4, -0.2) is 28.6 Å². The van der Waals surface area contributed by atoms with E-state index in [1.807, 2.05) is 13.0 Å². The van der Waals surface area contributed by atoms with Crippen LogP contribution in [0.5, 0.6) is 5.75 Å².